The van der Waals surface area contributed by atoms with Gasteiger partial charge in [0.1, 0.15) is 16.1 Å². The molecule has 0 radical (unpaired) electrons. The summed E-state index contributed by atoms with van der Waals surface area (Å²) >= 11 is 1.39. The predicted octanol–water partition coefficient (Wildman–Crippen LogP) is 7.86. The minimum atomic E-state index is -1.08. The van der Waals surface area contributed by atoms with E-state index in [9.17, 15) is 9.90 Å². The van der Waals surface area contributed by atoms with Crippen molar-refractivity contribution < 1.29 is 14.6 Å². The summed E-state index contributed by atoms with van der Waals surface area (Å²) < 4.78 is 5.85. The standard InChI is InChI=1S/C30H34N2O3S/c1-8-12-13-14-16-21(7)28-32-24(19-36-28)26(34)23-17-22(15-9-2)27(25(33)18-23)35-29(31)30(10-3,11-4)20(5)6/h8,10-11,13-14,16-19,31,33H,1,3-5,9,12,15H2,2,6-7H3. The van der Waals surface area contributed by atoms with Gasteiger partial charge in [-0.1, -0.05) is 62.0 Å². The summed E-state index contributed by atoms with van der Waals surface area (Å²) in [7, 11) is 0. The molecule has 0 aliphatic heterocycles. The van der Waals surface area contributed by atoms with E-state index in [4.69, 9.17) is 10.1 Å². The van der Waals surface area contributed by atoms with Gasteiger partial charge in [0.25, 0.3) is 0 Å². The quantitative estimate of drug-likeness (QED) is 0.0960. The van der Waals surface area contributed by atoms with Crippen molar-refractivity contribution >= 4 is 28.6 Å². The minimum Gasteiger partial charge on any atom is -0.504 e. The summed E-state index contributed by atoms with van der Waals surface area (Å²) in [4.78, 5) is 17.7. The number of rotatable bonds is 13. The lowest BCUT2D eigenvalue weighted by Gasteiger charge is -2.28. The van der Waals surface area contributed by atoms with Gasteiger partial charge in [0.05, 0.1) is 0 Å². The Labute approximate surface area is 218 Å². The first kappa shape index (κ1) is 28.5. The van der Waals surface area contributed by atoms with Crippen molar-refractivity contribution in [2.75, 3.05) is 0 Å². The zero-order chi connectivity index (χ0) is 26.9. The second-order valence-corrected chi connectivity index (χ2v) is 9.25. The maximum atomic E-state index is 13.2. The second kappa shape index (κ2) is 12.8. The molecule has 0 saturated heterocycles. The van der Waals surface area contributed by atoms with Gasteiger partial charge in [0.15, 0.2) is 11.5 Å². The van der Waals surface area contributed by atoms with Gasteiger partial charge in [-0.2, -0.15) is 0 Å². The van der Waals surface area contributed by atoms with Crippen molar-refractivity contribution in [1.29, 1.82) is 5.41 Å². The fourth-order valence-corrected chi connectivity index (χ4v) is 4.33. The molecule has 0 amide bonds. The van der Waals surface area contributed by atoms with E-state index in [0.717, 1.165) is 23.4 Å². The van der Waals surface area contributed by atoms with Gasteiger partial charge >= 0.3 is 0 Å². The lowest BCUT2D eigenvalue weighted by Crippen LogP contribution is -2.31. The number of thiazole rings is 1. The van der Waals surface area contributed by atoms with Crippen LogP contribution in [0.25, 0.3) is 5.57 Å². The van der Waals surface area contributed by atoms with Crippen molar-refractivity contribution in [1.82, 2.24) is 4.98 Å². The fourth-order valence-electron chi connectivity index (χ4n) is 3.54. The Morgan fingerprint density at radius 1 is 1.25 bits per heavy atom. The molecular formula is C30H34N2O3S. The number of ether oxygens (including phenoxy) is 1. The summed E-state index contributed by atoms with van der Waals surface area (Å²) in [6.45, 7) is 20.9. The van der Waals surface area contributed by atoms with E-state index in [-0.39, 0.29) is 23.2 Å². The zero-order valence-electron chi connectivity index (χ0n) is 21.3. The Kier molecular flexibility index (Phi) is 10.1. The molecule has 0 spiro atoms. The smallest absolute Gasteiger partial charge is 0.212 e. The van der Waals surface area contributed by atoms with Crippen LogP contribution in [0.1, 0.15) is 60.2 Å². The minimum absolute atomic E-state index is 0.136. The van der Waals surface area contributed by atoms with E-state index in [2.05, 4.69) is 31.3 Å². The van der Waals surface area contributed by atoms with Gasteiger partial charge in [-0.05, 0) is 50.0 Å². The van der Waals surface area contributed by atoms with Crippen LogP contribution in [-0.2, 0) is 6.42 Å². The first-order valence-corrected chi connectivity index (χ1v) is 12.5. The number of carbonyl (C=O) groups is 1. The maximum Gasteiger partial charge on any atom is 0.212 e. The molecule has 2 aromatic rings. The maximum absolute atomic E-state index is 13.2. The lowest BCUT2D eigenvalue weighted by atomic mass is 9.81. The third-order valence-corrected chi connectivity index (χ3v) is 6.69. The Morgan fingerprint density at radius 3 is 2.53 bits per heavy atom. The van der Waals surface area contributed by atoms with Crippen molar-refractivity contribution in [2.45, 2.75) is 40.0 Å². The average molecular weight is 503 g/mol. The number of hydrogen-bond donors (Lipinski definition) is 2. The number of nitrogens with zero attached hydrogens (tertiary/aromatic N) is 1. The Hall–Kier alpha value is -3.77. The van der Waals surface area contributed by atoms with E-state index in [1.54, 1.807) is 18.4 Å². The van der Waals surface area contributed by atoms with E-state index < -0.39 is 5.41 Å². The highest BCUT2D eigenvalue weighted by molar-refractivity contribution is 7.11. The number of aryl methyl sites for hydroxylation is 1. The number of hydrogen-bond acceptors (Lipinski definition) is 6. The fraction of sp³-hybridized carbons (Fsp3) is 0.233. The third-order valence-electron chi connectivity index (χ3n) is 5.72. The number of ketones is 1. The Morgan fingerprint density at radius 2 is 1.94 bits per heavy atom. The van der Waals surface area contributed by atoms with Gasteiger partial charge < -0.3 is 9.84 Å². The van der Waals surface area contributed by atoms with Crippen LogP contribution in [0.4, 0.5) is 0 Å². The molecule has 1 aromatic heterocycles. The summed E-state index contributed by atoms with van der Waals surface area (Å²) in [6.07, 6.45) is 12.8. The largest absolute Gasteiger partial charge is 0.504 e. The molecular weight excluding hydrogens is 468 g/mol. The molecule has 36 heavy (non-hydrogen) atoms. The molecule has 0 fully saturated rings. The highest BCUT2D eigenvalue weighted by Gasteiger charge is 2.33. The van der Waals surface area contributed by atoms with Gasteiger partial charge in [0.2, 0.25) is 11.7 Å². The topological polar surface area (TPSA) is 83.3 Å². The van der Waals surface area contributed by atoms with Crippen LogP contribution in [0.15, 0.2) is 85.9 Å². The molecule has 0 bridgehead atoms. The summed E-state index contributed by atoms with van der Waals surface area (Å²) in [6, 6.07) is 3.05. The van der Waals surface area contributed by atoms with Crippen LogP contribution in [0, 0.1) is 10.8 Å². The van der Waals surface area contributed by atoms with E-state index in [1.165, 1.54) is 29.6 Å². The first-order chi connectivity index (χ1) is 17.1. The van der Waals surface area contributed by atoms with E-state index in [0.29, 0.717) is 28.8 Å². The van der Waals surface area contributed by atoms with Crippen molar-refractivity contribution in [3.8, 4) is 11.5 Å². The molecule has 0 saturated carbocycles. The number of aromatic nitrogens is 1. The molecule has 1 aromatic carbocycles. The number of carbonyl (C=O) groups excluding carboxylic acids is 1. The average Bonchev–Trinajstić information content (AvgIpc) is 3.34. The van der Waals surface area contributed by atoms with Crippen LogP contribution >= 0.6 is 11.3 Å². The van der Waals surface area contributed by atoms with Crippen molar-refractivity contribution in [3.05, 3.63) is 108 Å². The van der Waals surface area contributed by atoms with Gasteiger partial charge in [-0.15, -0.1) is 31.1 Å². The number of benzene rings is 1. The van der Waals surface area contributed by atoms with E-state index in [1.807, 2.05) is 38.2 Å². The molecule has 0 aliphatic carbocycles. The number of nitrogens with one attached hydrogen (secondary N) is 1. The summed E-state index contributed by atoms with van der Waals surface area (Å²) in [5.41, 5.74) is 1.71. The van der Waals surface area contributed by atoms with Crippen LogP contribution in [0.5, 0.6) is 11.5 Å². The number of phenols is 1. The molecule has 2 N–H and O–H groups in total. The molecule has 188 valence electrons. The van der Waals surface area contributed by atoms with Crippen LogP contribution in [0.3, 0.4) is 0 Å². The molecule has 0 atom stereocenters. The van der Waals surface area contributed by atoms with Crippen molar-refractivity contribution in [3.63, 3.8) is 0 Å². The van der Waals surface area contributed by atoms with Crippen LogP contribution < -0.4 is 4.74 Å². The number of phenolic OH excluding ortho intramolecular Hbond substituents is 1. The second-order valence-electron chi connectivity index (χ2n) is 8.39. The Balaban J connectivity index is 2.41. The first-order valence-electron chi connectivity index (χ1n) is 11.7. The SMILES string of the molecule is C=CCC=CC=C(C)c1nc(C(=O)c2cc(O)c(OC(=N)C(C=C)(C=C)C(=C)C)c(CCC)c2)cs1. The zero-order valence-corrected chi connectivity index (χ0v) is 22.1. The normalized spacial score (nSPS) is 11.8. The van der Waals surface area contributed by atoms with Gasteiger partial charge in [0, 0.05) is 10.9 Å². The molecule has 1 heterocycles. The molecule has 0 unspecified atom stereocenters. The van der Waals surface area contributed by atoms with E-state index >= 15 is 0 Å². The predicted molar refractivity (Wildman–Crippen MR) is 151 cm³/mol. The molecule has 2 rings (SSSR count). The summed E-state index contributed by atoms with van der Waals surface area (Å²) in [5.74, 6) is -0.566. The molecule has 0 aliphatic rings. The van der Waals surface area contributed by atoms with Gasteiger partial charge in [-0.3, -0.25) is 10.2 Å². The van der Waals surface area contributed by atoms with Crippen molar-refractivity contribution in [2.24, 2.45) is 5.41 Å². The third kappa shape index (κ3) is 6.26. The number of allylic oxidation sites excluding steroid dienone is 5. The van der Waals surface area contributed by atoms with Gasteiger partial charge in [-0.25, -0.2) is 4.98 Å². The highest BCUT2D eigenvalue weighted by Crippen LogP contribution is 2.38. The lowest BCUT2D eigenvalue weighted by molar-refractivity contribution is 0.103. The monoisotopic (exact) mass is 502 g/mol. The Bertz CT molecular complexity index is 1240. The molecule has 6 heteroatoms. The van der Waals surface area contributed by atoms with Crippen LogP contribution in [0.2, 0.25) is 0 Å². The highest BCUT2D eigenvalue weighted by atomic mass is 32.1. The van der Waals surface area contributed by atoms with Crippen LogP contribution in [-0.4, -0.2) is 21.8 Å². The molecule has 5 nitrogen and oxygen atoms in total. The summed E-state index contributed by atoms with van der Waals surface area (Å²) in [5, 5.41) is 21.9. The number of aromatic hydroxyl groups is 1.